The Labute approximate surface area is 165 Å². The Kier molecular flexibility index (Phi) is 6.80. The highest BCUT2D eigenvalue weighted by molar-refractivity contribution is 7.54. The molecule has 0 unspecified atom stereocenters. The van der Waals surface area contributed by atoms with Crippen LogP contribution in [0.2, 0.25) is 0 Å². The van der Waals surface area contributed by atoms with Crippen LogP contribution in [0.25, 0.3) is 0 Å². The Morgan fingerprint density at radius 3 is 2.00 bits per heavy atom. The summed E-state index contributed by atoms with van der Waals surface area (Å²) >= 11 is 0. The lowest BCUT2D eigenvalue weighted by Gasteiger charge is -2.26. The molecule has 29 heavy (non-hydrogen) atoms. The van der Waals surface area contributed by atoms with Crippen LogP contribution in [-0.4, -0.2) is 30.0 Å². The van der Waals surface area contributed by atoms with Crippen molar-refractivity contribution in [2.75, 3.05) is 14.2 Å². The van der Waals surface area contributed by atoms with E-state index in [9.17, 15) is 29.6 Å². The molecule has 154 valence electrons. The molecule has 0 spiro atoms. The minimum atomic E-state index is -3.88. The molecule has 1 atom stereocenters. The third-order valence-electron chi connectivity index (χ3n) is 4.16. The van der Waals surface area contributed by atoms with Crippen LogP contribution in [0.15, 0.2) is 42.5 Å². The van der Waals surface area contributed by atoms with Gasteiger partial charge in [-0.15, -0.1) is 0 Å². The fourth-order valence-electron chi connectivity index (χ4n) is 2.65. The van der Waals surface area contributed by atoms with Crippen molar-refractivity contribution in [3.63, 3.8) is 0 Å². The highest BCUT2D eigenvalue weighted by Gasteiger charge is 2.38. The molecule has 12 heteroatoms. The van der Waals surface area contributed by atoms with E-state index in [0.717, 1.165) is 32.4 Å². The van der Waals surface area contributed by atoms with Crippen molar-refractivity contribution in [2.24, 2.45) is 0 Å². The van der Waals surface area contributed by atoms with Crippen molar-refractivity contribution in [1.82, 2.24) is 5.32 Å². The number of carbonyl (C=O) groups is 1. The Morgan fingerprint density at radius 2 is 1.55 bits per heavy atom. The van der Waals surface area contributed by atoms with Gasteiger partial charge in [0.25, 0.3) is 17.3 Å². The van der Waals surface area contributed by atoms with Gasteiger partial charge in [-0.25, -0.2) is 0 Å². The zero-order valence-electron chi connectivity index (χ0n) is 15.7. The lowest BCUT2D eigenvalue weighted by Crippen LogP contribution is -2.30. The number of hydrogen-bond donors (Lipinski definition) is 1. The molecule has 0 aliphatic rings. The van der Waals surface area contributed by atoms with Gasteiger partial charge in [-0.1, -0.05) is 24.3 Å². The second kappa shape index (κ2) is 8.91. The Balaban J connectivity index is 2.53. The maximum Gasteiger partial charge on any atom is 0.356 e. The van der Waals surface area contributed by atoms with Crippen LogP contribution in [0, 0.1) is 27.2 Å². The van der Waals surface area contributed by atoms with E-state index in [4.69, 9.17) is 9.05 Å². The summed E-state index contributed by atoms with van der Waals surface area (Å²) in [6.07, 6.45) is 0. The quantitative estimate of drug-likeness (QED) is 0.383. The Hall–Kier alpha value is -3.14. The van der Waals surface area contributed by atoms with E-state index in [2.05, 4.69) is 5.32 Å². The summed E-state index contributed by atoms with van der Waals surface area (Å²) < 4.78 is 23.1. The number of amides is 1. The average molecular weight is 423 g/mol. The molecule has 2 aromatic rings. The standard InChI is InChI=1S/C17H18N3O8P/c1-11-6-4-5-7-15(11)17(29(26,27-2)28-3)18-16(21)12-8-13(19(22)23)10-14(9-12)20(24)25/h4-10,17H,1-3H3,(H,18,21)/t17-/m1/s1. The fraction of sp³-hybridized carbons (Fsp3) is 0.235. The molecule has 0 saturated carbocycles. The summed E-state index contributed by atoms with van der Waals surface area (Å²) in [6.45, 7) is 1.72. The van der Waals surface area contributed by atoms with Crippen LogP contribution in [0.3, 0.4) is 0 Å². The van der Waals surface area contributed by atoms with Crippen LogP contribution in [0.4, 0.5) is 11.4 Å². The first-order valence-corrected chi connectivity index (χ1v) is 9.75. The minimum absolute atomic E-state index is 0.344. The number of benzene rings is 2. The molecule has 0 radical (unpaired) electrons. The highest BCUT2D eigenvalue weighted by atomic mass is 31.2. The van der Waals surface area contributed by atoms with Gasteiger partial charge in [-0.3, -0.25) is 29.6 Å². The lowest BCUT2D eigenvalue weighted by molar-refractivity contribution is -0.394. The number of nitro groups is 2. The van der Waals surface area contributed by atoms with Gasteiger partial charge in [-0.2, -0.15) is 0 Å². The van der Waals surface area contributed by atoms with Gasteiger partial charge in [0.2, 0.25) is 0 Å². The number of aryl methyl sites for hydroxylation is 1. The molecule has 1 N–H and O–H groups in total. The van der Waals surface area contributed by atoms with Crippen LogP contribution in [-0.2, 0) is 13.6 Å². The summed E-state index contributed by atoms with van der Waals surface area (Å²) in [5, 5.41) is 24.6. The topological polar surface area (TPSA) is 151 Å². The summed E-state index contributed by atoms with van der Waals surface area (Å²) in [5.74, 6) is -2.16. The Bertz CT molecular complexity index is 970. The molecule has 0 bridgehead atoms. The van der Waals surface area contributed by atoms with E-state index >= 15 is 0 Å². The van der Waals surface area contributed by atoms with Crippen molar-refractivity contribution in [3.8, 4) is 0 Å². The van der Waals surface area contributed by atoms with E-state index in [-0.39, 0.29) is 5.56 Å². The normalized spacial score (nSPS) is 12.2. The molecule has 0 heterocycles. The van der Waals surface area contributed by atoms with Crippen molar-refractivity contribution in [1.29, 1.82) is 0 Å². The summed E-state index contributed by atoms with van der Waals surface area (Å²) in [5.41, 5.74) is -0.481. The molecule has 0 fully saturated rings. The number of nitro benzene ring substituents is 2. The maximum absolute atomic E-state index is 13.0. The van der Waals surface area contributed by atoms with Gasteiger partial charge < -0.3 is 14.4 Å². The molecule has 1 amide bonds. The van der Waals surface area contributed by atoms with E-state index < -0.39 is 40.5 Å². The highest BCUT2D eigenvalue weighted by Crippen LogP contribution is 2.59. The number of rotatable bonds is 8. The number of carbonyl (C=O) groups excluding carboxylic acids is 1. The first kappa shape index (κ1) is 22.2. The summed E-state index contributed by atoms with van der Waals surface area (Å²) in [7, 11) is -1.57. The van der Waals surface area contributed by atoms with Gasteiger partial charge in [-0.05, 0) is 18.1 Å². The van der Waals surface area contributed by atoms with Crippen molar-refractivity contribution < 1.29 is 28.3 Å². The van der Waals surface area contributed by atoms with E-state index in [1.54, 1.807) is 31.2 Å². The smallest absolute Gasteiger partial charge is 0.334 e. The van der Waals surface area contributed by atoms with E-state index in [0.29, 0.717) is 11.1 Å². The second-order valence-corrected chi connectivity index (χ2v) is 8.22. The zero-order chi connectivity index (χ0) is 21.8. The number of hydrogen-bond acceptors (Lipinski definition) is 8. The fourth-order valence-corrected chi connectivity index (χ4v) is 4.13. The maximum atomic E-state index is 13.0. The predicted molar refractivity (Wildman–Crippen MR) is 103 cm³/mol. The van der Waals surface area contributed by atoms with Gasteiger partial charge >= 0.3 is 7.60 Å². The molecule has 11 nitrogen and oxygen atoms in total. The zero-order valence-corrected chi connectivity index (χ0v) is 16.6. The van der Waals surface area contributed by atoms with Crippen LogP contribution in [0.5, 0.6) is 0 Å². The molecule has 0 saturated heterocycles. The summed E-state index contributed by atoms with van der Waals surface area (Å²) in [4.78, 5) is 33.2. The van der Waals surface area contributed by atoms with Crippen LogP contribution >= 0.6 is 7.60 Å². The first-order valence-electron chi connectivity index (χ1n) is 8.14. The number of nitrogens with one attached hydrogen (secondary N) is 1. The molecule has 0 aromatic heterocycles. The second-order valence-electron chi connectivity index (χ2n) is 5.89. The van der Waals surface area contributed by atoms with Gasteiger partial charge in [0.05, 0.1) is 21.5 Å². The summed E-state index contributed by atoms with van der Waals surface area (Å²) in [6, 6.07) is 9.26. The molecular weight excluding hydrogens is 405 g/mol. The monoisotopic (exact) mass is 423 g/mol. The van der Waals surface area contributed by atoms with E-state index in [1.165, 1.54) is 0 Å². The third-order valence-corrected chi connectivity index (χ3v) is 6.22. The lowest BCUT2D eigenvalue weighted by atomic mass is 10.1. The molecule has 2 rings (SSSR count). The van der Waals surface area contributed by atoms with Gasteiger partial charge in [0, 0.05) is 26.4 Å². The molecular formula is C17H18N3O8P. The molecule has 0 aliphatic carbocycles. The van der Waals surface area contributed by atoms with Gasteiger partial charge in [0.1, 0.15) is 0 Å². The molecule has 2 aromatic carbocycles. The van der Waals surface area contributed by atoms with Gasteiger partial charge in [0.15, 0.2) is 5.78 Å². The van der Waals surface area contributed by atoms with Crippen molar-refractivity contribution >= 4 is 24.9 Å². The van der Waals surface area contributed by atoms with Crippen LogP contribution in [0.1, 0.15) is 27.3 Å². The van der Waals surface area contributed by atoms with E-state index in [1.807, 2.05) is 0 Å². The van der Waals surface area contributed by atoms with Crippen molar-refractivity contribution in [3.05, 3.63) is 79.4 Å². The Morgan fingerprint density at radius 1 is 1.03 bits per heavy atom. The predicted octanol–water partition coefficient (Wildman–Crippen LogP) is 3.73. The van der Waals surface area contributed by atoms with Crippen LogP contribution < -0.4 is 5.32 Å². The number of non-ortho nitro benzene ring substituents is 2. The minimum Gasteiger partial charge on any atom is -0.334 e. The largest absolute Gasteiger partial charge is 0.356 e. The molecule has 0 aliphatic heterocycles. The SMILES string of the molecule is COP(=O)(OC)[C@@H](NC(=O)c1cc([N+](=O)[O-])cc([N+](=O)[O-])c1)c1ccccc1C. The average Bonchev–Trinajstić information content (AvgIpc) is 2.71. The first-order chi connectivity index (χ1) is 13.6. The van der Waals surface area contributed by atoms with Crippen molar-refractivity contribution in [2.45, 2.75) is 12.7 Å². The third kappa shape index (κ3) is 4.83. The number of nitrogens with zero attached hydrogens (tertiary/aromatic N) is 2.